The van der Waals surface area contributed by atoms with E-state index in [1.807, 2.05) is 60.7 Å². The minimum Gasteiger partial charge on any atom is -0.504 e. The highest BCUT2D eigenvalue weighted by atomic mass is 16.5. The summed E-state index contributed by atoms with van der Waals surface area (Å²) in [4.78, 5) is 26.0. The number of aromatic hydroxyl groups is 2. The van der Waals surface area contributed by atoms with E-state index in [2.05, 4.69) is 0 Å². The predicted octanol–water partition coefficient (Wildman–Crippen LogP) is 5.94. The van der Waals surface area contributed by atoms with Gasteiger partial charge in [-0.15, -0.1) is 0 Å². The zero-order chi connectivity index (χ0) is 28.5. The number of phenols is 2. The second-order valence-corrected chi connectivity index (χ2v) is 9.70. The van der Waals surface area contributed by atoms with Gasteiger partial charge >= 0.3 is 5.97 Å². The highest BCUT2D eigenvalue weighted by Gasteiger charge is 2.37. The van der Waals surface area contributed by atoms with Crippen molar-refractivity contribution in [3.8, 4) is 40.1 Å². The van der Waals surface area contributed by atoms with Gasteiger partial charge in [0.25, 0.3) is 0 Å². The lowest BCUT2D eigenvalue weighted by Gasteiger charge is -2.28. The standard InChI is InChI=1S/C33H26O8/c1-38-21-13-11-19(12-14-21)15-16-39-25-10-6-5-9-22(25)23-17-27(35)41-33-28(23)32-29(30(36)31(33)37)24(34)18-26(40-32)20-7-3-2-4-8-20/h2-14,18,23,36-37H,15-17H2,1H3/t23-/m0/s1. The molecule has 0 fully saturated rings. The number of esters is 1. The first kappa shape index (κ1) is 26.0. The fourth-order valence-corrected chi connectivity index (χ4v) is 5.19. The van der Waals surface area contributed by atoms with Gasteiger partial charge in [0.1, 0.15) is 28.2 Å². The quantitative estimate of drug-likeness (QED) is 0.145. The average molecular weight is 551 g/mol. The Hall–Kier alpha value is -5.24. The number of hydrogen-bond acceptors (Lipinski definition) is 8. The van der Waals surface area contributed by atoms with Gasteiger partial charge in [-0.2, -0.15) is 0 Å². The smallest absolute Gasteiger partial charge is 0.312 e. The van der Waals surface area contributed by atoms with Crippen LogP contribution in [0.15, 0.2) is 94.1 Å². The van der Waals surface area contributed by atoms with Crippen LogP contribution < -0.4 is 19.6 Å². The summed E-state index contributed by atoms with van der Waals surface area (Å²) in [7, 11) is 1.62. The highest BCUT2D eigenvalue weighted by molar-refractivity contribution is 5.96. The predicted molar refractivity (Wildman–Crippen MR) is 152 cm³/mol. The summed E-state index contributed by atoms with van der Waals surface area (Å²) in [6.07, 6.45) is 0.541. The third-order valence-corrected chi connectivity index (χ3v) is 7.21. The van der Waals surface area contributed by atoms with Crippen molar-refractivity contribution in [2.45, 2.75) is 18.8 Å². The highest BCUT2D eigenvalue weighted by Crippen LogP contribution is 2.53. The molecule has 6 rings (SSSR count). The van der Waals surface area contributed by atoms with E-state index < -0.39 is 28.8 Å². The Labute approximate surface area is 235 Å². The first-order valence-corrected chi connectivity index (χ1v) is 13.1. The molecule has 0 saturated heterocycles. The van der Waals surface area contributed by atoms with Crippen LogP contribution in [-0.4, -0.2) is 29.9 Å². The van der Waals surface area contributed by atoms with E-state index in [1.165, 1.54) is 6.07 Å². The van der Waals surface area contributed by atoms with Gasteiger partial charge in [-0.1, -0.05) is 60.7 Å². The second-order valence-electron chi connectivity index (χ2n) is 9.70. The van der Waals surface area contributed by atoms with E-state index in [9.17, 15) is 19.8 Å². The molecular weight excluding hydrogens is 524 g/mol. The van der Waals surface area contributed by atoms with Crippen LogP contribution in [0.5, 0.6) is 28.7 Å². The molecule has 8 nitrogen and oxygen atoms in total. The van der Waals surface area contributed by atoms with Crippen molar-refractivity contribution in [2.75, 3.05) is 13.7 Å². The van der Waals surface area contributed by atoms with Crippen LogP contribution in [0.2, 0.25) is 0 Å². The summed E-state index contributed by atoms with van der Waals surface area (Å²) >= 11 is 0. The van der Waals surface area contributed by atoms with E-state index in [4.69, 9.17) is 18.6 Å². The first-order chi connectivity index (χ1) is 19.9. The van der Waals surface area contributed by atoms with Crippen LogP contribution in [0.3, 0.4) is 0 Å². The molecule has 2 N–H and O–H groups in total. The van der Waals surface area contributed by atoms with Gasteiger partial charge in [-0.25, -0.2) is 0 Å². The zero-order valence-electron chi connectivity index (χ0n) is 22.1. The molecule has 0 radical (unpaired) electrons. The minimum atomic E-state index is -0.704. The fraction of sp³-hybridized carbons (Fsp3) is 0.152. The number of para-hydroxylation sites is 1. The van der Waals surface area contributed by atoms with Crippen LogP contribution in [0.4, 0.5) is 0 Å². The Morgan fingerprint density at radius 3 is 2.39 bits per heavy atom. The molecule has 1 aliphatic heterocycles. The summed E-state index contributed by atoms with van der Waals surface area (Å²) < 4.78 is 23.1. The van der Waals surface area contributed by atoms with E-state index in [0.717, 1.165) is 11.3 Å². The molecule has 5 aromatic rings. The molecule has 0 spiro atoms. The van der Waals surface area contributed by atoms with Crippen molar-refractivity contribution >= 4 is 16.9 Å². The molecule has 8 heteroatoms. The topological polar surface area (TPSA) is 115 Å². The molecule has 1 aliphatic rings. The third-order valence-electron chi connectivity index (χ3n) is 7.21. The molecule has 1 atom stereocenters. The lowest BCUT2D eigenvalue weighted by atomic mass is 9.84. The molecule has 0 amide bonds. The molecule has 206 valence electrons. The van der Waals surface area contributed by atoms with Crippen LogP contribution in [0.25, 0.3) is 22.3 Å². The summed E-state index contributed by atoms with van der Waals surface area (Å²) in [5.41, 5.74) is 2.15. The summed E-state index contributed by atoms with van der Waals surface area (Å²) in [6, 6.07) is 25.3. The number of benzene rings is 4. The SMILES string of the molecule is COc1ccc(CCOc2ccccc2[C@@H]2CC(=O)Oc3c(O)c(O)c4c(=O)cc(-c5ccccc5)oc4c32)cc1. The number of carbonyl (C=O) groups is 1. The van der Waals surface area contributed by atoms with Crippen LogP contribution in [-0.2, 0) is 11.2 Å². The molecule has 2 heterocycles. The third kappa shape index (κ3) is 4.84. The molecule has 0 unspecified atom stereocenters. The van der Waals surface area contributed by atoms with Crippen molar-refractivity contribution in [1.29, 1.82) is 0 Å². The normalized spacial score (nSPS) is 14.4. The number of methoxy groups -OCH3 is 1. The molecular formula is C33H26O8. The van der Waals surface area contributed by atoms with Gasteiger partial charge in [0, 0.05) is 29.5 Å². The van der Waals surface area contributed by atoms with Crippen molar-refractivity contribution in [3.05, 3.63) is 112 Å². The Balaban J connectivity index is 1.45. The summed E-state index contributed by atoms with van der Waals surface area (Å²) in [5.74, 6) is -1.35. The number of phenolic OH excluding ortho intramolecular Hbond substituents is 2. The van der Waals surface area contributed by atoms with E-state index in [1.54, 1.807) is 25.3 Å². The van der Waals surface area contributed by atoms with Crippen molar-refractivity contribution in [3.63, 3.8) is 0 Å². The molecule has 1 aromatic heterocycles. The van der Waals surface area contributed by atoms with E-state index >= 15 is 0 Å². The lowest BCUT2D eigenvalue weighted by molar-refractivity contribution is -0.135. The Kier molecular flexibility index (Phi) is 6.81. The monoisotopic (exact) mass is 550 g/mol. The Morgan fingerprint density at radius 1 is 0.902 bits per heavy atom. The fourth-order valence-electron chi connectivity index (χ4n) is 5.19. The van der Waals surface area contributed by atoms with E-state index in [0.29, 0.717) is 29.9 Å². The maximum absolute atomic E-state index is 13.3. The molecule has 0 aliphatic carbocycles. The average Bonchev–Trinajstić information content (AvgIpc) is 3.00. The van der Waals surface area contributed by atoms with Gasteiger partial charge in [-0.05, 0) is 23.8 Å². The Morgan fingerprint density at radius 2 is 1.63 bits per heavy atom. The van der Waals surface area contributed by atoms with Gasteiger partial charge in [0.05, 0.1) is 25.7 Å². The Bertz CT molecular complexity index is 1810. The van der Waals surface area contributed by atoms with Crippen LogP contribution in [0.1, 0.15) is 29.0 Å². The number of ether oxygens (including phenoxy) is 3. The minimum absolute atomic E-state index is 0.0344. The van der Waals surface area contributed by atoms with E-state index in [-0.39, 0.29) is 34.5 Å². The maximum atomic E-state index is 13.3. The lowest BCUT2D eigenvalue weighted by Crippen LogP contribution is -2.22. The van der Waals surface area contributed by atoms with Gasteiger partial charge in [0.2, 0.25) is 5.75 Å². The summed E-state index contributed by atoms with van der Waals surface area (Å²) in [5, 5.41) is 21.4. The number of rotatable bonds is 7. The van der Waals surface area contributed by atoms with Gasteiger partial charge < -0.3 is 28.8 Å². The summed E-state index contributed by atoms with van der Waals surface area (Å²) in [6.45, 7) is 0.363. The van der Waals surface area contributed by atoms with Crippen LogP contribution in [0, 0.1) is 0 Å². The second kappa shape index (κ2) is 10.7. The first-order valence-electron chi connectivity index (χ1n) is 13.1. The number of carbonyl (C=O) groups excluding carboxylic acids is 1. The molecule has 0 bridgehead atoms. The molecule has 4 aromatic carbocycles. The van der Waals surface area contributed by atoms with Crippen molar-refractivity contribution in [1.82, 2.24) is 0 Å². The van der Waals surface area contributed by atoms with Gasteiger partial charge in [0.15, 0.2) is 16.9 Å². The largest absolute Gasteiger partial charge is 0.504 e. The number of fused-ring (bicyclic) bond motifs is 3. The molecule has 41 heavy (non-hydrogen) atoms. The maximum Gasteiger partial charge on any atom is 0.312 e. The van der Waals surface area contributed by atoms with Crippen LogP contribution >= 0.6 is 0 Å². The zero-order valence-corrected chi connectivity index (χ0v) is 22.1. The molecule has 0 saturated carbocycles. The van der Waals surface area contributed by atoms with Crippen molar-refractivity contribution in [2.24, 2.45) is 0 Å². The number of hydrogen-bond donors (Lipinski definition) is 2. The van der Waals surface area contributed by atoms with Gasteiger partial charge in [-0.3, -0.25) is 9.59 Å². The van der Waals surface area contributed by atoms with Crippen molar-refractivity contribution < 1.29 is 33.6 Å².